The first-order valence-corrected chi connectivity index (χ1v) is 7.37. The minimum atomic E-state index is -0.732. The van der Waals surface area contributed by atoms with Crippen LogP contribution in [0.1, 0.15) is 11.1 Å². The molecule has 0 aliphatic rings. The maximum Gasteiger partial charge on any atom is 0.107 e. The first-order chi connectivity index (χ1) is 10.8. The van der Waals surface area contributed by atoms with Crippen molar-refractivity contribution in [3.05, 3.63) is 84.4 Å². The monoisotopic (exact) mass is 298 g/mol. The fraction of sp³-hybridized carbons (Fsp3) is 0.263. The van der Waals surface area contributed by atoms with E-state index in [-0.39, 0.29) is 6.61 Å². The van der Waals surface area contributed by atoms with Crippen LogP contribution in [-0.2, 0) is 22.7 Å². The topological polar surface area (TPSA) is 38.7 Å². The van der Waals surface area contributed by atoms with Crippen LogP contribution >= 0.6 is 0 Å². The van der Waals surface area contributed by atoms with E-state index in [1.54, 1.807) is 6.08 Å². The molecule has 0 fully saturated rings. The standard InChI is InChI=1S/C19H22O3/c1-2-19(22-14-17-11-7-4-8-12-17)18(20)15-21-13-16-9-5-3-6-10-16/h2-12,18-20H,1,13-15H2/t18-,19+/m1/s1. The van der Waals surface area contributed by atoms with E-state index in [0.717, 1.165) is 11.1 Å². The van der Waals surface area contributed by atoms with E-state index in [2.05, 4.69) is 6.58 Å². The molecule has 0 saturated heterocycles. The van der Waals surface area contributed by atoms with Crippen molar-refractivity contribution in [2.24, 2.45) is 0 Å². The number of aliphatic hydroxyl groups is 1. The third-order valence-corrected chi connectivity index (χ3v) is 3.30. The van der Waals surface area contributed by atoms with Gasteiger partial charge in [0.15, 0.2) is 0 Å². The first-order valence-electron chi connectivity index (χ1n) is 7.37. The molecule has 0 aliphatic carbocycles. The van der Waals surface area contributed by atoms with Crippen LogP contribution in [0.15, 0.2) is 73.3 Å². The number of ether oxygens (including phenoxy) is 2. The number of aliphatic hydroxyl groups excluding tert-OH is 1. The molecule has 0 aromatic heterocycles. The van der Waals surface area contributed by atoms with Crippen molar-refractivity contribution in [2.75, 3.05) is 6.61 Å². The Kier molecular flexibility index (Phi) is 6.84. The van der Waals surface area contributed by atoms with Crippen LogP contribution < -0.4 is 0 Å². The molecule has 0 saturated carbocycles. The molecule has 0 heterocycles. The smallest absolute Gasteiger partial charge is 0.107 e. The van der Waals surface area contributed by atoms with Crippen molar-refractivity contribution in [1.29, 1.82) is 0 Å². The van der Waals surface area contributed by atoms with E-state index in [9.17, 15) is 5.11 Å². The number of hydrogen-bond donors (Lipinski definition) is 1. The molecule has 22 heavy (non-hydrogen) atoms. The maximum absolute atomic E-state index is 10.1. The molecule has 0 unspecified atom stereocenters. The Morgan fingerprint density at radius 2 is 1.45 bits per heavy atom. The Hall–Kier alpha value is -1.94. The van der Waals surface area contributed by atoms with Gasteiger partial charge in [0.25, 0.3) is 0 Å². The van der Waals surface area contributed by atoms with Gasteiger partial charge in [-0.05, 0) is 11.1 Å². The van der Waals surface area contributed by atoms with Gasteiger partial charge < -0.3 is 14.6 Å². The summed E-state index contributed by atoms with van der Waals surface area (Å²) in [6.07, 6.45) is 0.431. The summed E-state index contributed by atoms with van der Waals surface area (Å²) in [5.74, 6) is 0. The molecule has 0 aliphatic heterocycles. The molecule has 3 heteroatoms. The molecule has 1 N–H and O–H groups in total. The lowest BCUT2D eigenvalue weighted by Gasteiger charge is -2.20. The highest BCUT2D eigenvalue weighted by Crippen LogP contribution is 2.09. The van der Waals surface area contributed by atoms with E-state index >= 15 is 0 Å². The molecule has 0 amide bonds. The second-order valence-electron chi connectivity index (χ2n) is 5.06. The largest absolute Gasteiger partial charge is 0.388 e. The summed E-state index contributed by atoms with van der Waals surface area (Å²) in [6, 6.07) is 19.7. The molecular formula is C19H22O3. The van der Waals surface area contributed by atoms with Gasteiger partial charge in [-0.2, -0.15) is 0 Å². The molecule has 2 aromatic rings. The van der Waals surface area contributed by atoms with Gasteiger partial charge in [-0.25, -0.2) is 0 Å². The number of benzene rings is 2. The van der Waals surface area contributed by atoms with Crippen molar-refractivity contribution >= 4 is 0 Å². The Bertz CT molecular complexity index is 539. The average Bonchev–Trinajstić information content (AvgIpc) is 2.57. The van der Waals surface area contributed by atoms with Crippen LogP contribution in [0.5, 0.6) is 0 Å². The van der Waals surface area contributed by atoms with Crippen LogP contribution in [-0.4, -0.2) is 23.9 Å². The lowest BCUT2D eigenvalue weighted by molar-refractivity contribution is -0.0600. The molecule has 0 spiro atoms. The normalized spacial score (nSPS) is 13.5. The predicted molar refractivity (Wildman–Crippen MR) is 87.3 cm³/mol. The summed E-state index contributed by atoms with van der Waals surface area (Å²) in [5, 5.41) is 10.1. The zero-order chi connectivity index (χ0) is 15.6. The molecule has 2 atom stereocenters. The molecule has 2 aromatic carbocycles. The fourth-order valence-corrected chi connectivity index (χ4v) is 2.07. The minimum Gasteiger partial charge on any atom is -0.388 e. The quantitative estimate of drug-likeness (QED) is 0.722. The van der Waals surface area contributed by atoms with Gasteiger partial charge in [0.2, 0.25) is 0 Å². The fourth-order valence-electron chi connectivity index (χ4n) is 2.07. The van der Waals surface area contributed by atoms with Gasteiger partial charge in [0.1, 0.15) is 12.2 Å². The van der Waals surface area contributed by atoms with Gasteiger partial charge in [-0.15, -0.1) is 6.58 Å². The Morgan fingerprint density at radius 3 is 2.00 bits per heavy atom. The Morgan fingerprint density at radius 1 is 0.909 bits per heavy atom. The van der Waals surface area contributed by atoms with Crippen LogP contribution in [0.4, 0.5) is 0 Å². The van der Waals surface area contributed by atoms with Crippen molar-refractivity contribution in [1.82, 2.24) is 0 Å². The lowest BCUT2D eigenvalue weighted by Crippen LogP contribution is -2.31. The van der Waals surface area contributed by atoms with Crippen molar-refractivity contribution in [3.63, 3.8) is 0 Å². The molecule has 0 bridgehead atoms. The molecule has 3 nitrogen and oxygen atoms in total. The summed E-state index contributed by atoms with van der Waals surface area (Å²) in [6.45, 7) is 4.84. The van der Waals surface area contributed by atoms with Crippen molar-refractivity contribution < 1.29 is 14.6 Å². The van der Waals surface area contributed by atoms with E-state index in [1.807, 2.05) is 60.7 Å². The lowest BCUT2D eigenvalue weighted by atomic mass is 10.2. The van der Waals surface area contributed by atoms with E-state index < -0.39 is 12.2 Å². The summed E-state index contributed by atoms with van der Waals surface area (Å²) in [7, 11) is 0. The molecule has 0 radical (unpaired) electrons. The van der Waals surface area contributed by atoms with E-state index in [0.29, 0.717) is 13.2 Å². The third-order valence-electron chi connectivity index (χ3n) is 3.30. The summed E-state index contributed by atoms with van der Waals surface area (Å²) in [5.41, 5.74) is 2.14. The number of rotatable bonds is 9. The molecule has 116 valence electrons. The van der Waals surface area contributed by atoms with Gasteiger partial charge in [-0.3, -0.25) is 0 Å². The second kappa shape index (κ2) is 9.15. The molecule has 2 rings (SSSR count). The van der Waals surface area contributed by atoms with Gasteiger partial charge in [-0.1, -0.05) is 66.7 Å². The van der Waals surface area contributed by atoms with Gasteiger partial charge in [0, 0.05) is 0 Å². The summed E-state index contributed by atoms with van der Waals surface area (Å²) < 4.78 is 11.2. The zero-order valence-electron chi connectivity index (χ0n) is 12.6. The van der Waals surface area contributed by atoms with Crippen molar-refractivity contribution in [3.8, 4) is 0 Å². The number of hydrogen-bond acceptors (Lipinski definition) is 3. The van der Waals surface area contributed by atoms with Crippen molar-refractivity contribution in [2.45, 2.75) is 25.4 Å². The first kappa shape index (κ1) is 16.4. The maximum atomic E-state index is 10.1. The second-order valence-corrected chi connectivity index (χ2v) is 5.06. The SMILES string of the molecule is C=C[C@H](OCc1ccccc1)[C@H](O)COCc1ccccc1. The highest BCUT2D eigenvalue weighted by Gasteiger charge is 2.17. The zero-order valence-corrected chi connectivity index (χ0v) is 12.6. The van der Waals surface area contributed by atoms with Crippen LogP contribution in [0.3, 0.4) is 0 Å². The Labute approximate surface area is 131 Å². The highest BCUT2D eigenvalue weighted by molar-refractivity contribution is 5.14. The minimum absolute atomic E-state index is 0.209. The predicted octanol–water partition coefficient (Wildman–Crippen LogP) is 3.34. The van der Waals surface area contributed by atoms with Gasteiger partial charge >= 0.3 is 0 Å². The van der Waals surface area contributed by atoms with Crippen LogP contribution in [0.2, 0.25) is 0 Å². The summed E-state index contributed by atoms with van der Waals surface area (Å²) in [4.78, 5) is 0. The van der Waals surface area contributed by atoms with Crippen LogP contribution in [0.25, 0.3) is 0 Å². The third kappa shape index (κ3) is 5.45. The van der Waals surface area contributed by atoms with E-state index in [4.69, 9.17) is 9.47 Å². The average molecular weight is 298 g/mol. The highest BCUT2D eigenvalue weighted by atomic mass is 16.5. The van der Waals surface area contributed by atoms with Gasteiger partial charge in [0.05, 0.1) is 19.8 Å². The summed E-state index contributed by atoms with van der Waals surface area (Å²) >= 11 is 0. The van der Waals surface area contributed by atoms with E-state index in [1.165, 1.54) is 0 Å². The van der Waals surface area contributed by atoms with Crippen LogP contribution in [0, 0.1) is 0 Å². The Balaban J connectivity index is 1.74. The molecular weight excluding hydrogens is 276 g/mol.